The third-order valence-electron chi connectivity index (χ3n) is 8.09. The van der Waals surface area contributed by atoms with E-state index in [4.69, 9.17) is 20.9 Å². The zero-order valence-electron chi connectivity index (χ0n) is 37.5. The van der Waals surface area contributed by atoms with Crippen LogP contribution in [0.4, 0.5) is 0 Å². The van der Waals surface area contributed by atoms with E-state index in [0.29, 0.717) is 54.8 Å². The quantitative estimate of drug-likeness (QED) is 0.187. The third kappa shape index (κ3) is 4.17. The fraction of sp³-hybridized carbons (Fsp3) is 0. The molecule has 1 aromatic heterocycles. The lowest BCUT2D eigenvalue weighted by atomic mass is 9.84. The summed E-state index contributed by atoms with van der Waals surface area (Å²) in [6.07, 6.45) is 0. The van der Waals surface area contributed by atoms with Gasteiger partial charge in [-0.15, -0.1) is 0 Å². The first kappa shape index (κ1) is 15.2. The van der Waals surface area contributed by atoms with Crippen molar-refractivity contribution in [3.63, 3.8) is 0 Å². The molecule has 1 heteroatoms. The smallest absolute Gasteiger partial charge is 0.143 e. The van der Waals surface area contributed by atoms with Gasteiger partial charge in [-0.2, -0.15) is 0 Å². The summed E-state index contributed by atoms with van der Waals surface area (Å²) in [5, 5.41) is 3.78. The highest BCUT2D eigenvalue weighted by Gasteiger charge is 2.20. The SMILES string of the molecule is [2H]c1c([2H])c([2H])c(-c2c([2H])c([2H])c(-c3c4ccccc4c(-c4cc(-c5c([2H])c([2H])c([2H])c([2H])c5[2H])c5oc6ccccc6c5c4)c4ccccc34)c([2H])c2[2H])c([2H])c1[2H]. The maximum atomic E-state index is 9.35. The summed E-state index contributed by atoms with van der Waals surface area (Å²) in [5.41, 5.74) is 1.91. The maximum absolute atomic E-state index is 9.35. The first-order valence-electron chi connectivity index (χ1n) is 21.3. The Kier molecular flexibility index (Phi) is 3.50. The molecule has 1 heterocycles. The van der Waals surface area contributed by atoms with E-state index in [1.54, 1.807) is 36.4 Å². The van der Waals surface area contributed by atoms with Crippen LogP contribution in [-0.2, 0) is 0 Å². The number of hydrogen-bond donors (Lipinski definition) is 0. The van der Waals surface area contributed by atoms with Crippen molar-refractivity contribution >= 4 is 43.5 Å². The summed E-state index contributed by atoms with van der Waals surface area (Å²) < 4.78 is 128. The van der Waals surface area contributed by atoms with Gasteiger partial charge in [0.1, 0.15) is 11.2 Å². The molecule has 9 aromatic rings. The van der Waals surface area contributed by atoms with E-state index < -0.39 is 95.7 Å². The lowest BCUT2D eigenvalue weighted by molar-refractivity contribution is 0.670. The Morgan fingerprint density at radius 2 is 0.844 bits per heavy atom. The van der Waals surface area contributed by atoms with E-state index in [0.717, 1.165) is 5.39 Å². The van der Waals surface area contributed by atoms with E-state index in [2.05, 4.69) is 0 Å². The van der Waals surface area contributed by atoms with Gasteiger partial charge in [0.05, 0.1) is 19.2 Å². The highest BCUT2D eigenvalue weighted by molar-refractivity contribution is 6.23. The van der Waals surface area contributed by atoms with Crippen LogP contribution in [0.25, 0.3) is 88.0 Å². The standard InChI is InChI=1S/C44H28O/c1-3-13-29(14-4-1)30-23-25-32(26-24-30)42-35-18-7-9-20-37(35)43(38-21-10-8-19-36(38)42)33-27-39(31-15-5-2-6-16-31)44-40(28-33)34-17-11-12-22-41(34)45-44/h1-28H/i1D,2D,3D,4D,5D,6D,13D,14D,15D,16D,23D,24D,25D,26D. The Morgan fingerprint density at radius 3 is 1.44 bits per heavy atom. The number of para-hydroxylation sites is 1. The van der Waals surface area contributed by atoms with Crippen molar-refractivity contribution in [2.75, 3.05) is 0 Å². The van der Waals surface area contributed by atoms with E-state index >= 15 is 0 Å². The Hall–Kier alpha value is -5.92. The molecule has 1 nitrogen and oxygen atoms in total. The van der Waals surface area contributed by atoms with Crippen LogP contribution in [0.5, 0.6) is 0 Å². The lowest BCUT2D eigenvalue weighted by Gasteiger charge is -2.18. The van der Waals surface area contributed by atoms with Crippen molar-refractivity contribution in [1.82, 2.24) is 0 Å². The predicted octanol–water partition coefficient (Wildman–Crippen LogP) is 12.6. The molecule has 0 bridgehead atoms. The van der Waals surface area contributed by atoms with Crippen LogP contribution < -0.4 is 0 Å². The summed E-state index contributed by atoms with van der Waals surface area (Å²) >= 11 is 0. The summed E-state index contributed by atoms with van der Waals surface area (Å²) in [6, 6.07) is 17.9. The van der Waals surface area contributed by atoms with Crippen LogP contribution in [0.3, 0.4) is 0 Å². The summed E-state index contributed by atoms with van der Waals surface area (Å²) in [6.45, 7) is 0. The Bertz CT molecular complexity index is 3190. The zero-order valence-corrected chi connectivity index (χ0v) is 23.5. The van der Waals surface area contributed by atoms with Crippen LogP contribution in [0, 0.1) is 0 Å². The highest BCUT2D eigenvalue weighted by Crippen LogP contribution is 2.46. The second-order valence-electron chi connectivity index (χ2n) is 10.6. The minimum absolute atomic E-state index is 0.0324. The van der Waals surface area contributed by atoms with Gasteiger partial charge in [0.15, 0.2) is 0 Å². The molecule has 0 unspecified atom stereocenters. The van der Waals surface area contributed by atoms with Crippen molar-refractivity contribution in [3.8, 4) is 44.5 Å². The normalized spacial score (nSPS) is 15.9. The minimum atomic E-state index is -0.661. The maximum Gasteiger partial charge on any atom is 0.143 e. The van der Waals surface area contributed by atoms with Gasteiger partial charge in [-0.3, -0.25) is 0 Å². The van der Waals surface area contributed by atoms with E-state index in [1.807, 2.05) is 48.5 Å². The molecule has 0 aliphatic heterocycles. The fourth-order valence-corrected chi connectivity index (χ4v) is 6.19. The number of benzene rings is 8. The Labute approximate surface area is 281 Å². The average Bonchev–Trinajstić information content (AvgIpc) is 3.62. The van der Waals surface area contributed by atoms with Crippen molar-refractivity contribution in [2.45, 2.75) is 0 Å². The zero-order chi connectivity index (χ0) is 41.9. The van der Waals surface area contributed by atoms with Crippen LogP contribution in [0.2, 0.25) is 0 Å². The minimum Gasteiger partial charge on any atom is -0.455 e. The molecule has 0 atom stereocenters. The van der Waals surface area contributed by atoms with E-state index in [-0.39, 0.29) is 16.7 Å². The molecule has 210 valence electrons. The van der Waals surface area contributed by atoms with Crippen LogP contribution in [0.1, 0.15) is 19.2 Å². The topological polar surface area (TPSA) is 13.1 Å². The second-order valence-corrected chi connectivity index (χ2v) is 10.6. The molecule has 45 heavy (non-hydrogen) atoms. The third-order valence-corrected chi connectivity index (χ3v) is 8.09. The lowest BCUT2D eigenvalue weighted by Crippen LogP contribution is -1.91. The Balaban J connectivity index is 1.40. The summed E-state index contributed by atoms with van der Waals surface area (Å²) in [5.74, 6) is 0. The molecule has 0 saturated heterocycles. The summed E-state index contributed by atoms with van der Waals surface area (Å²) in [7, 11) is 0. The average molecular weight is 587 g/mol. The number of fused-ring (bicyclic) bond motifs is 5. The molecule has 0 radical (unpaired) electrons. The van der Waals surface area contributed by atoms with Gasteiger partial charge in [0, 0.05) is 16.3 Å². The fourth-order valence-electron chi connectivity index (χ4n) is 6.19. The van der Waals surface area contributed by atoms with E-state index in [9.17, 15) is 2.74 Å². The largest absolute Gasteiger partial charge is 0.455 e. The number of furan rings is 1. The van der Waals surface area contributed by atoms with Gasteiger partial charge in [0.2, 0.25) is 0 Å². The molecule has 0 aliphatic rings. The van der Waals surface area contributed by atoms with Crippen molar-refractivity contribution in [1.29, 1.82) is 0 Å². The first-order chi connectivity index (χ1) is 28.1. The highest BCUT2D eigenvalue weighted by atomic mass is 16.3. The van der Waals surface area contributed by atoms with Crippen LogP contribution >= 0.6 is 0 Å². The molecule has 0 N–H and O–H groups in total. The molecule has 0 aliphatic carbocycles. The predicted molar refractivity (Wildman–Crippen MR) is 190 cm³/mol. The van der Waals surface area contributed by atoms with Gasteiger partial charge in [0.25, 0.3) is 0 Å². The molecule has 0 saturated carbocycles. The van der Waals surface area contributed by atoms with Crippen molar-refractivity contribution in [3.05, 3.63) is 170 Å². The van der Waals surface area contributed by atoms with E-state index in [1.165, 1.54) is 0 Å². The molecule has 9 rings (SSSR count). The number of rotatable bonds is 4. The molecule has 0 amide bonds. The molecular weight excluding hydrogens is 544 g/mol. The number of hydrogen-bond acceptors (Lipinski definition) is 1. The van der Waals surface area contributed by atoms with Gasteiger partial charge in [-0.05, 0) is 78.7 Å². The molecule has 0 spiro atoms. The van der Waals surface area contributed by atoms with Gasteiger partial charge < -0.3 is 4.42 Å². The van der Waals surface area contributed by atoms with Gasteiger partial charge >= 0.3 is 0 Å². The molecular formula is C44H28O. The van der Waals surface area contributed by atoms with Crippen LogP contribution in [-0.4, -0.2) is 0 Å². The van der Waals surface area contributed by atoms with Crippen LogP contribution in [0.15, 0.2) is 174 Å². The van der Waals surface area contributed by atoms with Crippen molar-refractivity contribution in [2.24, 2.45) is 0 Å². The second kappa shape index (κ2) is 10.4. The van der Waals surface area contributed by atoms with Crippen molar-refractivity contribution < 1.29 is 23.6 Å². The Morgan fingerprint density at radius 1 is 0.378 bits per heavy atom. The van der Waals surface area contributed by atoms with Gasteiger partial charge in [-0.1, -0.05) is 151 Å². The first-order valence-corrected chi connectivity index (χ1v) is 14.3. The molecule has 8 aromatic carbocycles. The monoisotopic (exact) mass is 586 g/mol. The van der Waals surface area contributed by atoms with Gasteiger partial charge in [-0.25, -0.2) is 0 Å². The summed E-state index contributed by atoms with van der Waals surface area (Å²) in [4.78, 5) is 0. The molecule has 0 fully saturated rings.